The highest BCUT2D eigenvalue weighted by Gasteiger charge is 2.19. The maximum atomic E-state index is 12.9. The van der Waals surface area contributed by atoms with Crippen molar-refractivity contribution in [3.63, 3.8) is 0 Å². The summed E-state index contributed by atoms with van der Waals surface area (Å²) in [6, 6.07) is 11.2. The zero-order chi connectivity index (χ0) is 17.4. The maximum Gasteiger partial charge on any atom is 0.307 e. The van der Waals surface area contributed by atoms with E-state index in [0.29, 0.717) is 25.3 Å². The smallest absolute Gasteiger partial charge is 0.307 e. The number of rotatable bonds is 7. The minimum atomic E-state index is -0.296. The molecule has 0 bridgehead atoms. The molecular formula is C19H22N2O3. The molecule has 2 rings (SSSR count). The van der Waals surface area contributed by atoms with E-state index in [0.717, 1.165) is 11.1 Å². The third-order valence-electron chi connectivity index (χ3n) is 3.68. The van der Waals surface area contributed by atoms with E-state index in [-0.39, 0.29) is 18.3 Å². The molecule has 24 heavy (non-hydrogen) atoms. The van der Waals surface area contributed by atoms with Crippen LogP contribution in [0.25, 0.3) is 0 Å². The lowest BCUT2D eigenvalue weighted by Gasteiger charge is -2.23. The Morgan fingerprint density at radius 3 is 2.50 bits per heavy atom. The second-order valence-corrected chi connectivity index (χ2v) is 5.45. The Morgan fingerprint density at radius 2 is 1.83 bits per heavy atom. The van der Waals surface area contributed by atoms with Crippen LogP contribution in [0.2, 0.25) is 0 Å². The Bertz CT molecular complexity index is 686. The third kappa shape index (κ3) is 4.91. The van der Waals surface area contributed by atoms with Gasteiger partial charge in [0.15, 0.2) is 0 Å². The van der Waals surface area contributed by atoms with Gasteiger partial charge < -0.3 is 9.64 Å². The van der Waals surface area contributed by atoms with E-state index in [9.17, 15) is 9.59 Å². The summed E-state index contributed by atoms with van der Waals surface area (Å²) in [5.74, 6) is -0.385. The molecule has 1 aromatic carbocycles. The molecule has 0 aliphatic rings. The number of benzene rings is 1. The van der Waals surface area contributed by atoms with Gasteiger partial charge in [0.1, 0.15) is 0 Å². The minimum Gasteiger partial charge on any atom is -0.466 e. The van der Waals surface area contributed by atoms with Crippen molar-refractivity contribution in [3.05, 3.63) is 65.5 Å². The number of aryl methyl sites for hydroxylation is 1. The molecule has 1 amide bonds. The van der Waals surface area contributed by atoms with Gasteiger partial charge in [-0.2, -0.15) is 0 Å². The second-order valence-electron chi connectivity index (χ2n) is 5.45. The van der Waals surface area contributed by atoms with E-state index < -0.39 is 0 Å². The number of hydrogen-bond acceptors (Lipinski definition) is 4. The summed E-state index contributed by atoms with van der Waals surface area (Å²) in [5.41, 5.74) is 2.53. The molecular weight excluding hydrogens is 304 g/mol. The molecule has 0 saturated heterocycles. The molecule has 0 radical (unpaired) electrons. The van der Waals surface area contributed by atoms with Crippen molar-refractivity contribution in [2.24, 2.45) is 0 Å². The monoisotopic (exact) mass is 326 g/mol. The zero-order valence-electron chi connectivity index (χ0n) is 14.1. The molecule has 0 N–H and O–H groups in total. The minimum absolute atomic E-state index is 0.0887. The lowest BCUT2D eigenvalue weighted by molar-refractivity contribution is -0.143. The van der Waals surface area contributed by atoms with E-state index >= 15 is 0 Å². The summed E-state index contributed by atoms with van der Waals surface area (Å²) in [7, 11) is 0. The predicted octanol–water partition coefficient (Wildman–Crippen LogP) is 2.99. The van der Waals surface area contributed by atoms with Gasteiger partial charge in [0.05, 0.1) is 13.0 Å². The van der Waals surface area contributed by atoms with Crippen LogP contribution in [0.5, 0.6) is 0 Å². The Kier molecular flexibility index (Phi) is 6.49. The molecule has 0 fully saturated rings. The Hall–Kier alpha value is -2.69. The highest BCUT2D eigenvalue weighted by atomic mass is 16.5. The summed E-state index contributed by atoms with van der Waals surface area (Å²) < 4.78 is 4.96. The van der Waals surface area contributed by atoms with Crippen molar-refractivity contribution in [1.29, 1.82) is 0 Å². The number of aromatic nitrogens is 1. The van der Waals surface area contributed by atoms with Crippen molar-refractivity contribution >= 4 is 11.9 Å². The summed E-state index contributed by atoms with van der Waals surface area (Å²) in [6.45, 7) is 4.76. The normalized spacial score (nSPS) is 10.2. The zero-order valence-corrected chi connectivity index (χ0v) is 14.1. The van der Waals surface area contributed by atoms with Gasteiger partial charge in [-0.1, -0.05) is 18.2 Å². The van der Waals surface area contributed by atoms with E-state index in [2.05, 4.69) is 4.98 Å². The molecule has 0 atom stereocenters. The fourth-order valence-electron chi connectivity index (χ4n) is 2.40. The van der Waals surface area contributed by atoms with E-state index in [1.54, 1.807) is 24.2 Å². The predicted molar refractivity (Wildman–Crippen MR) is 91.4 cm³/mol. The Morgan fingerprint density at radius 1 is 1.12 bits per heavy atom. The van der Waals surface area contributed by atoms with Gasteiger partial charge in [-0.3, -0.25) is 14.6 Å². The first kappa shape index (κ1) is 17.7. The van der Waals surface area contributed by atoms with Gasteiger partial charge in [0, 0.05) is 31.0 Å². The molecule has 0 aliphatic heterocycles. The average Bonchev–Trinajstić information content (AvgIpc) is 2.59. The van der Waals surface area contributed by atoms with E-state index in [1.807, 2.05) is 43.3 Å². The quantitative estimate of drug-likeness (QED) is 0.734. The first-order chi connectivity index (χ1) is 11.6. The molecule has 0 spiro atoms. The van der Waals surface area contributed by atoms with Crippen LogP contribution in [0.1, 0.15) is 34.8 Å². The van der Waals surface area contributed by atoms with Crippen molar-refractivity contribution in [2.45, 2.75) is 26.8 Å². The number of nitrogens with zero attached hydrogens (tertiary/aromatic N) is 2. The molecule has 5 heteroatoms. The van der Waals surface area contributed by atoms with Crippen LogP contribution < -0.4 is 0 Å². The Balaban J connectivity index is 2.16. The number of carbonyl (C=O) groups is 2. The summed E-state index contributed by atoms with van der Waals surface area (Å²) in [6.07, 6.45) is 3.56. The number of esters is 1. The standard InChI is InChI=1S/C19H22N2O3/c1-3-24-18(22)10-13-21(14-16-8-11-20-12-9-16)19(23)17-7-5-4-6-15(17)2/h4-9,11-12H,3,10,13-14H2,1-2H3. The summed E-state index contributed by atoms with van der Waals surface area (Å²) >= 11 is 0. The highest BCUT2D eigenvalue weighted by Crippen LogP contribution is 2.14. The van der Waals surface area contributed by atoms with Crippen LogP contribution >= 0.6 is 0 Å². The van der Waals surface area contributed by atoms with Crippen LogP contribution in [0, 0.1) is 6.92 Å². The van der Waals surface area contributed by atoms with Gasteiger partial charge in [-0.15, -0.1) is 0 Å². The third-order valence-corrected chi connectivity index (χ3v) is 3.68. The van der Waals surface area contributed by atoms with Gasteiger partial charge in [-0.25, -0.2) is 0 Å². The number of hydrogen-bond donors (Lipinski definition) is 0. The van der Waals surface area contributed by atoms with Crippen LogP contribution in [-0.4, -0.2) is 34.9 Å². The van der Waals surface area contributed by atoms with Gasteiger partial charge >= 0.3 is 5.97 Å². The molecule has 0 unspecified atom stereocenters. The lowest BCUT2D eigenvalue weighted by Crippen LogP contribution is -2.33. The molecule has 1 aromatic heterocycles. The van der Waals surface area contributed by atoms with Gasteiger partial charge in [0.25, 0.3) is 5.91 Å². The molecule has 126 valence electrons. The first-order valence-corrected chi connectivity index (χ1v) is 8.01. The largest absolute Gasteiger partial charge is 0.466 e. The number of pyridine rings is 1. The second kappa shape index (κ2) is 8.82. The van der Waals surface area contributed by atoms with Crippen molar-refractivity contribution in [3.8, 4) is 0 Å². The van der Waals surface area contributed by atoms with Crippen molar-refractivity contribution < 1.29 is 14.3 Å². The lowest BCUT2D eigenvalue weighted by atomic mass is 10.1. The van der Waals surface area contributed by atoms with Crippen LogP contribution in [0.15, 0.2) is 48.8 Å². The summed E-state index contributed by atoms with van der Waals surface area (Å²) in [5, 5.41) is 0. The van der Waals surface area contributed by atoms with Crippen LogP contribution in [-0.2, 0) is 16.1 Å². The fraction of sp³-hybridized carbons (Fsp3) is 0.316. The molecule has 1 heterocycles. The SMILES string of the molecule is CCOC(=O)CCN(Cc1ccncc1)C(=O)c1ccccc1C. The van der Waals surface area contributed by atoms with Crippen LogP contribution in [0.3, 0.4) is 0 Å². The summed E-state index contributed by atoms with van der Waals surface area (Å²) in [4.78, 5) is 30.2. The molecule has 0 saturated carbocycles. The van der Waals surface area contributed by atoms with Crippen LogP contribution in [0.4, 0.5) is 0 Å². The van der Waals surface area contributed by atoms with E-state index in [4.69, 9.17) is 4.74 Å². The Labute approximate surface area is 142 Å². The topological polar surface area (TPSA) is 59.5 Å². The number of carbonyl (C=O) groups excluding carboxylic acids is 2. The molecule has 2 aromatic rings. The van der Waals surface area contributed by atoms with Gasteiger partial charge in [0.2, 0.25) is 0 Å². The molecule has 5 nitrogen and oxygen atoms in total. The average molecular weight is 326 g/mol. The number of amides is 1. The van der Waals surface area contributed by atoms with Crippen molar-refractivity contribution in [1.82, 2.24) is 9.88 Å². The first-order valence-electron chi connectivity index (χ1n) is 8.01. The molecule has 0 aliphatic carbocycles. The van der Waals surface area contributed by atoms with Crippen molar-refractivity contribution in [2.75, 3.05) is 13.2 Å². The maximum absolute atomic E-state index is 12.9. The fourth-order valence-corrected chi connectivity index (χ4v) is 2.40. The highest BCUT2D eigenvalue weighted by molar-refractivity contribution is 5.95. The number of ether oxygens (including phenoxy) is 1. The van der Waals surface area contributed by atoms with E-state index in [1.165, 1.54) is 0 Å². The van der Waals surface area contributed by atoms with Gasteiger partial charge in [-0.05, 0) is 43.2 Å².